The van der Waals surface area contributed by atoms with Crippen molar-refractivity contribution in [2.24, 2.45) is 11.8 Å². The van der Waals surface area contributed by atoms with Crippen LogP contribution in [-0.2, 0) is 11.3 Å². The van der Waals surface area contributed by atoms with Gasteiger partial charge in [-0.05, 0) is 17.9 Å². The van der Waals surface area contributed by atoms with Crippen LogP contribution in [0.5, 0.6) is 0 Å². The molecule has 0 saturated carbocycles. The molecule has 1 aromatic rings. The number of amides is 1. The van der Waals surface area contributed by atoms with Crippen LogP contribution < -0.4 is 5.32 Å². The van der Waals surface area contributed by atoms with Crippen molar-refractivity contribution >= 4 is 11.7 Å². The fourth-order valence-corrected chi connectivity index (χ4v) is 2.08. The van der Waals surface area contributed by atoms with Crippen molar-refractivity contribution in [1.29, 1.82) is 0 Å². The summed E-state index contributed by atoms with van der Waals surface area (Å²) in [5, 5.41) is 2.92. The molecule has 3 nitrogen and oxygen atoms in total. The van der Waals surface area contributed by atoms with Gasteiger partial charge in [-0.25, -0.2) is 0 Å². The van der Waals surface area contributed by atoms with E-state index < -0.39 is 0 Å². The Morgan fingerprint density at radius 3 is 2.04 bits per heavy atom. The molecular weight excluding hydrogens is 286 g/mol. The van der Waals surface area contributed by atoms with Gasteiger partial charge in [-0.1, -0.05) is 72.2 Å². The molecule has 0 radical (unpaired) electrons. The second-order valence-electron chi connectivity index (χ2n) is 6.28. The monoisotopic (exact) mass is 319 g/mol. The molecule has 0 aromatic heterocycles. The molecule has 130 valence electrons. The van der Waals surface area contributed by atoms with Crippen LogP contribution in [0.4, 0.5) is 0 Å². The lowest BCUT2D eigenvalue weighted by atomic mass is 10.00. The Balaban J connectivity index is 0.00000232. The van der Waals surface area contributed by atoms with Gasteiger partial charge in [0, 0.05) is 24.4 Å². The molecule has 0 fully saturated rings. The third-order valence-corrected chi connectivity index (χ3v) is 3.44. The smallest absolute Gasteiger partial charge is 0.220 e. The van der Waals surface area contributed by atoms with Gasteiger partial charge in [-0.3, -0.25) is 9.59 Å². The van der Waals surface area contributed by atoms with Gasteiger partial charge in [0.25, 0.3) is 0 Å². The summed E-state index contributed by atoms with van der Waals surface area (Å²) >= 11 is 0. The zero-order chi connectivity index (χ0) is 17.8. The first-order valence-electron chi connectivity index (χ1n) is 8.80. The molecule has 0 spiro atoms. The van der Waals surface area contributed by atoms with Crippen LogP contribution in [0.15, 0.2) is 24.3 Å². The summed E-state index contributed by atoms with van der Waals surface area (Å²) in [6, 6.07) is 7.49. The minimum atomic E-state index is 0.0107. The molecular formula is C20H33NO2. The lowest BCUT2D eigenvalue weighted by molar-refractivity contribution is -0.121. The van der Waals surface area contributed by atoms with Crippen molar-refractivity contribution in [3.8, 4) is 0 Å². The molecule has 3 heteroatoms. The molecule has 23 heavy (non-hydrogen) atoms. The molecule has 0 unspecified atom stereocenters. The van der Waals surface area contributed by atoms with Gasteiger partial charge in [0.15, 0.2) is 5.78 Å². The van der Waals surface area contributed by atoms with Crippen LogP contribution >= 0.6 is 0 Å². The summed E-state index contributed by atoms with van der Waals surface area (Å²) < 4.78 is 0. The van der Waals surface area contributed by atoms with Gasteiger partial charge < -0.3 is 5.32 Å². The molecule has 1 rings (SSSR count). The Morgan fingerprint density at radius 1 is 1.00 bits per heavy atom. The Bertz CT molecular complexity index is 461. The molecule has 0 aliphatic carbocycles. The average molecular weight is 319 g/mol. The van der Waals surface area contributed by atoms with Gasteiger partial charge in [0.2, 0.25) is 5.91 Å². The van der Waals surface area contributed by atoms with E-state index in [2.05, 4.69) is 19.2 Å². The lowest BCUT2D eigenvalue weighted by Gasteiger charge is -2.08. The van der Waals surface area contributed by atoms with E-state index in [1.165, 1.54) is 0 Å². The number of carbonyl (C=O) groups excluding carboxylic acids is 2. The second kappa shape index (κ2) is 11.9. The SMILES string of the molecule is CC.CC(C)CCCC(=O)NCc1ccc(C(=O)C(C)C)cc1. The van der Waals surface area contributed by atoms with Crippen molar-refractivity contribution in [2.75, 3.05) is 0 Å². The minimum Gasteiger partial charge on any atom is -0.352 e. The first-order valence-corrected chi connectivity index (χ1v) is 8.80. The predicted molar refractivity (Wildman–Crippen MR) is 97.5 cm³/mol. The molecule has 0 atom stereocenters. The number of benzene rings is 1. The summed E-state index contributed by atoms with van der Waals surface area (Å²) in [6.45, 7) is 12.6. The summed E-state index contributed by atoms with van der Waals surface area (Å²) in [7, 11) is 0. The lowest BCUT2D eigenvalue weighted by Crippen LogP contribution is -2.22. The Labute approximate surface area is 141 Å². The standard InChI is InChI=1S/C18H27NO2.C2H6/c1-13(2)6-5-7-17(20)19-12-15-8-10-16(11-9-15)18(21)14(3)4;1-2/h8-11,13-14H,5-7,12H2,1-4H3,(H,19,20);1-2H3. The fourth-order valence-electron chi connectivity index (χ4n) is 2.08. The molecule has 1 aromatic carbocycles. The van der Waals surface area contributed by atoms with Gasteiger partial charge in [0.1, 0.15) is 0 Å². The normalized spacial score (nSPS) is 10.3. The number of rotatable bonds is 8. The van der Waals surface area contributed by atoms with Crippen molar-refractivity contribution < 1.29 is 9.59 Å². The summed E-state index contributed by atoms with van der Waals surface area (Å²) in [4.78, 5) is 23.5. The minimum absolute atomic E-state index is 0.0107. The topological polar surface area (TPSA) is 46.2 Å². The maximum Gasteiger partial charge on any atom is 0.220 e. The molecule has 0 saturated heterocycles. The number of ketones is 1. The van der Waals surface area contributed by atoms with E-state index >= 15 is 0 Å². The maximum atomic E-state index is 11.8. The van der Waals surface area contributed by atoms with Crippen LogP contribution in [0.1, 0.15) is 76.7 Å². The predicted octanol–water partition coefficient (Wildman–Crippen LogP) is 4.99. The average Bonchev–Trinajstić information content (AvgIpc) is 2.54. The van der Waals surface area contributed by atoms with E-state index in [0.29, 0.717) is 18.9 Å². The third-order valence-electron chi connectivity index (χ3n) is 3.44. The highest BCUT2D eigenvalue weighted by molar-refractivity contribution is 5.97. The van der Waals surface area contributed by atoms with Gasteiger partial charge in [-0.15, -0.1) is 0 Å². The highest BCUT2D eigenvalue weighted by atomic mass is 16.1. The van der Waals surface area contributed by atoms with E-state index in [-0.39, 0.29) is 17.6 Å². The zero-order valence-electron chi connectivity index (χ0n) is 15.6. The van der Waals surface area contributed by atoms with Crippen LogP contribution in [0.2, 0.25) is 0 Å². The quantitative estimate of drug-likeness (QED) is 0.686. The van der Waals surface area contributed by atoms with Crippen LogP contribution in [0.25, 0.3) is 0 Å². The highest BCUT2D eigenvalue weighted by Gasteiger charge is 2.10. The van der Waals surface area contributed by atoms with Crippen LogP contribution in [-0.4, -0.2) is 11.7 Å². The van der Waals surface area contributed by atoms with Crippen LogP contribution in [0, 0.1) is 11.8 Å². The Morgan fingerprint density at radius 2 is 1.57 bits per heavy atom. The number of hydrogen-bond donors (Lipinski definition) is 1. The number of Topliss-reactive ketones (excluding diaryl/α,β-unsaturated/α-hetero) is 1. The Kier molecular flexibility index (Phi) is 11.0. The number of carbonyl (C=O) groups is 2. The van der Waals surface area contributed by atoms with Crippen molar-refractivity contribution in [1.82, 2.24) is 5.32 Å². The van der Waals surface area contributed by atoms with Crippen molar-refractivity contribution in [2.45, 2.75) is 67.3 Å². The first kappa shape index (κ1) is 21.4. The van der Waals surface area contributed by atoms with Gasteiger partial charge in [-0.2, -0.15) is 0 Å². The fraction of sp³-hybridized carbons (Fsp3) is 0.600. The zero-order valence-corrected chi connectivity index (χ0v) is 15.6. The first-order chi connectivity index (χ1) is 10.9. The maximum absolute atomic E-state index is 11.8. The van der Waals surface area contributed by atoms with Crippen molar-refractivity contribution in [3.05, 3.63) is 35.4 Å². The van der Waals surface area contributed by atoms with E-state index in [1.54, 1.807) is 0 Å². The van der Waals surface area contributed by atoms with Crippen LogP contribution in [0.3, 0.4) is 0 Å². The van der Waals surface area contributed by atoms with Gasteiger partial charge >= 0.3 is 0 Å². The summed E-state index contributed by atoms with van der Waals surface area (Å²) in [5.41, 5.74) is 1.75. The second-order valence-corrected chi connectivity index (χ2v) is 6.28. The number of hydrogen-bond acceptors (Lipinski definition) is 2. The molecule has 0 aliphatic rings. The van der Waals surface area contributed by atoms with E-state index in [1.807, 2.05) is 52.0 Å². The molecule has 1 amide bonds. The van der Waals surface area contributed by atoms with Gasteiger partial charge in [0.05, 0.1) is 0 Å². The highest BCUT2D eigenvalue weighted by Crippen LogP contribution is 2.10. The van der Waals surface area contributed by atoms with Crippen molar-refractivity contribution in [3.63, 3.8) is 0 Å². The van der Waals surface area contributed by atoms with E-state index in [4.69, 9.17) is 0 Å². The molecule has 0 aliphatic heterocycles. The Hall–Kier alpha value is -1.64. The third kappa shape index (κ3) is 9.17. The molecule has 0 heterocycles. The molecule has 1 N–H and O–H groups in total. The summed E-state index contributed by atoms with van der Waals surface area (Å²) in [6.07, 6.45) is 2.60. The number of nitrogens with one attached hydrogen (secondary N) is 1. The largest absolute Gasteiger partial charge is 0.352 e. The van der Waals surface area contributed by atoms with E-state index in [0.717, 1.165) is 24.0 Å². The molecule has 0 bridgehead atoms. The van der Waals surface area contributed by atoms with E-state index in [9.17, 15) is 9.59 Å². The summed E-state index contributed by atoms with van der Waals surface area (Å²) in [5.74, 6) is 0.901.